The minimum atomic E-state index is -4.75. The predicted molar refractivity (Wildman–Crippen MR) is 84.8 cm³/mol. The molecule has 0 unspecified atom stereocenters. The van der Waals surface area contributed by atoms with Crippen molar-refractivity contribution in [2.24, 2.45) is 4.99 Å². The van der Waals surface area contributed by atoms with Crippen LogP contribution < -0.4 is 10.4 Å². The molecular weight excluding hydrogens is 357 g/mol. The predicted octanol–water partition coefficient (Wildman–Crippen LogP) is 3.69. The second kappa shape index (κ2) is 7.77. The Hall–Kier alpha value is -3.23. The van der Waals surface area contributed by atoms with E-state index in [1.165, 1.54) is 6.07 Å². The number of hydrogen-bond donors (Lipinski definition) is 2. The van der Waals surface area contributed by atoms with Gasteiger partial charge in [0.05, 0.1) is 5.56 Å². The first-order valence-electron chi connectivity index (χ1n) is 7.08. The molecule has 9 heteroatoms. The van der Waals surface area contributed by atoms with Crippen LogP contribution >= 0.6 is 0 Å². The van der Waals surface area contributed by atoms with Gasteiger partial charge in [-0.1, -0.05) is 24.3 Å². The second-order valence-corrected chi connectivity index (χ2v) is 4.92. The topological polar surface area (TPSA) is 71.3 Å². The fraction of sp³-hybridized carbons (Fsp3) is 0.0588. The number of para-hydroxylation sites is 1. The third-order valence-corrected chi connectivity index (χ3v) is 3.12. The van der Waals surface area contributed by atoms with E-state index in [-0.39, 0.29) is 0 Å². The van der Waals surface area contributed by atoms with Gasteiger partial charge in [0.15, 0.2) is 0 Å². The highest BCUT2D eigenvalue weighted by Gasteiger charge is 2.32. The van der Waals surface area contributed by atoms with Crippen LogP contribution in [0.3, 0.4) is 0 Å². The number of nitrogens with zero attached hydrogens (tertiary/aromatic N) is 1. The number of amidine groups is 1. The minimum absolute atomic E-state index is 0.481. The Morgan fingerprint density at radius 2 is 1.65 bits per heavy atom. The summed E-state index contributed by atoms with van der Waals surface area (Å²) in [5.74, 6) is -3.72. The van der Waals surface area contributed by atoms with Crippen molar-refractivity contribution in [2.75, 3.05) is 5.32 Å². The van der Waals surface area contributed by atoms with E-state index in [0.717, 1.165) is 48.7 Å². The molecule has 2 N–H and O–H groups in total. The smallest absolute Gasteiger partial charge is 0.417 e. The zero-order valence-corrected chi connectivity index (χ0v) is 12.9. The first kappa shape index (κ1) is 19.1. The maximum atomic E-state index is 13.4. The van der Waals surface area contributed by atoms with E-state index >= 15 is 0 Å². The molecule has 136 valence electrons. The normalized spacial score (nSPS) is 12.4. The van der Waals surface area contributed by atoms with E-state index < -0.39 is 46.4 Å². The lowest BCUT2D eigenvalue weighted by Crippen LogP contribution is -2.24. The van der Waals surface area contributed by atoms with Crippen molar-refractivity contribution in [3.63, 3.8) is 0 Å². The van der Waals surface area contributed by atoms with Gasteiger partial charge in [0, 0.05) is 6.20 Å². The molecule has 4 nitrogen and oxygen atoms in total. The number of nitrogens with one attached hydrogen (secondary N) is 2. The van der Waals surface area contributed by atoms with Crippen LogP contribution in [-0.2, 0) is 6.18 Å². The summed E-state index contributed by atoms with van der Waals surface area (Å²) in [6.45, 7) is 0. The maximum absolute atomic E-state index is 13.4. The standard InChI is InChI=1S/C17H12F5N3O/c18-12-6-3-7-13(19)15(12)24-9-8-14(23)25-16(26)10-4-1-2-5-11(10)17(20,21)22/h1-9,24H,(H2,23,25,26)/p-1/b9-8-. The monoisotopic (exact) mass is 368 g/mol. The fourth-order valence-electron chi connectivity index (χ4n) is 1.96. The molecule has 2 aromatic carbocycles. The first-order chi connectivity index (χ1) is 12.2. The van der Waals surface area contributed by atoms with Crippen LogP contribution in [0.2, 0.25) is 0 Å². The Morgan fingerprint density at radius 1 is 1.04 bits per heavy atom. The van der Waals surface area contributed by atoms with Crippen molar-refractivity contribution in [3.8, 4) is 0 Å². The summed E-state index contributed by atoms with van der Waals surface area (Å²) in [7, 11) is 0. The molecule has 0 saturated heterocycles. The molecule has 0 aliphatic carbocycles. The quantitative estimate of drug-likeness (QED) is 0.491. The van der Waals surface area contributed by atoms with E-state index in [1.807, 2.05) is 0 Å². The van der Waals surface area contributed by atoms with Gasteiger partial charge in [-0.15, -0.1) is 0 Å². The molecule has 0 aliphatic heterocycles. The number of rotatable bonds is 4. The summed E-state index contributed by atoms with van der Waals surface area (Å²) in [5.41, 5.74) is -2.35. The van der Waals surface area contributed by atoms with Gasteiger partial charge < -0.3 is 10.4 Å². The summed E-state index contributed by atoms with van der Waals surface area (Å²) in [4.78, 5) is 3.23. The van der Waals surface area contributed by atoms with Crippen molar-refractivity contribution < 1.29 is 27.1 Å². The Balaban J connectivity index is 2.16. The Morgan fingerprint density at radius 3 is 2.27 bits per heavy atom. The maximum Gasteiger partial charge on any atom is 0.417 e. The highest BCUT2D eigenvalue weighted by atomic mass is 19.4. The van der Waals surface area contributed by atoms with Crippen molar-refractivity contribution >= 4 is 17.4 Å². The molecular formula is C17H11F5N3O-. The van der Waals surface area contributed by atoms with Crippen LogP contribution in [0.15, 0.2) is 59.7 Å². The molecule has 0 aliphatic rings. The van der Waals surface area contributed by atoms with Gasteiger partial charge in [-0.05, 0) is 35.7 Å². The van der Waals surface area contributed by atoms with Crippen LogP contribution in [-0.4, -0.2) is 11.7 Å². The minimum Gasteiger partial charge on any atom is -0.858 e. The molecule has 0 radical (unpaired) electrons. The van der Waals surface area contributed by atoms with Gasteiger partial charge in [0.25, 0.3) is 0 Å². The van der Waals surface area contributed by atoms with Gasteiger partial charge in [-0.2, -0.15) is 13.2 Å². The molecule has 0 spiro atoms. The van der Waals surface area contributed by atoms with Gasteiger partial charge >= 0.3 is 6.18 Å². The first-order valence-corrected chi connectivity index (χ1v) is 7.08. The number of aliphatic imine (C=N–C) groups is 1. The lowest BCUT2D eigenvalue weighted by Gasteiger charge is -2.17. The second-order valence-electron chi connectivity index (χ2n) is 4.92. The van der Waals surface area contributed by atoms with Crippen LogP contribution in [0, 0.1) is 17.0 Å². The van der Waals surface area contributed by atoms with E-state index in [9.17, 15) is 27.1 Å². The zero-order valence-electron chi connectivity index (χ0n) is 12.9. The summed E-state index contributed by atoms with van der Waals surface area (Å²) >= 11 is 0. The van der Waals surface area contributed by atoms with Gasteiger partial charge in [0.2, 0.25) is 0 Å². The lowest BCUT2D eigenvalue weighted by atomic mass is 10.1. The Kier molecular flexibility index (Phi) is 5.71. The number of hydrogen-bond acceptors (Lipinski definition) is 3. The summed E-state index contributed by atoms with van der Waals surface area (Å²) in [5, 5.41) is 21.6. The molecule has 0 aromatic heterocycles. The van der Waals surface area contributed by atoms with E-state index in [1.54, 1.807) is 0 Å². The number of benzene rings is 2. The molecule has 0 amide bonds. The largest absolute Gasteiger partial charge is 0.858 e. The molecule has 0 bridgehead atoms. The molecule has 0 heterocycles. The van der Waals surface area contributed by atoms with Crippen molar-refractivity contribution in [3.05, 3.63) is 77.5 Å². The van der Waals surface area contributed by atoms with Crippen LogP contribution in [0.4, 0.5) is 27.6 Å². The third-order valence-electron chi connectivity index (χ3n) is 3.12. The SMILES string of the molecule is N=C(/C=C\Nc1c(F)cccc1F)N=C([O-])c1ccccc1C(F)(F)F. The highest BCUT2D eigenvalue weighted by Crippen LogP contribution is 2.31. The summed E-state index contributed by atoms with van der Waals surface area (Å²) in [6.07, 6.45) is -2.93. The molecule has 0 saturated carbocycles. The Labute approximate surface area is 144 Å². The number of alkyl halides is 3. The van der Waals surface area contributed by atoms with Crippen molar-refractivity contribution in [1.82, 2.24) is 0 Å². The van der Waals surface area contributed by atoms with Crippen LogP contribution in [0.25, 0.3) is 0 Å². The van der Waals surface area contributed by atoms with Crippen molar-refractivity contribution in [2.45, 2.75) is 6.18 Å². The van der Waals surface area contributed by atoms with Crippen LogP contribution in [0.5, 0.6) is 0 Å². The fourth-order valence-corrected chi connectivity index (χ4v) is 1.96. The molecule has 0 atom stereocenters. The third kappa shape index (κ3) is 4.65. The van der Waals surface area contributed by atoms with Gasteiger partial charge in [-0.3, -0.25) is 5.41 Å². The molecule has 2 aromatic rings. The van der Waals surface area contributed by atoms with E-state index in [2.05, 4.69) is 10.3 Å². The summed E-state index contributed by atoms with van der Waals surface area (Å²) in [6, 6.07) is 7.20. The van der Waals surface area contributed by atoms with Gasteiger partial charge in [0.1, 0.15) is 23.2 Å². The van der Waals surface area contributed by atoms with Crippen LogP contribution in [0.1, 0.15) is 11.1 Å². The molecule has 0 fully saturated rings. The average Bonchev–Trinajstić information content (AvgIpc) is 2.56. The highest BCUT2D eigenvalue weighted by molar-refractivity contribution is 6.04. The Bertz CT molecular complexity index is 855. The lowest BCUT2D eigenvalue weighted by molar-refractivity contribution is -0.213. The van der Waals surface area contributed by atoms with Gasteiger partial charge in [-0.25, -0.2) is 13.8 Å². The van der Waals surface area contributed by atoms with E-state index in [0.29, 0.717) is 0 Å². The summed E-state index contributed by atoms with van der Waals surface area (Å²) < 4.78 is 65.4. The van der Waals surface area contributed by atoms with Crippen molar-refractivity contribution in [1.29, 1.82) is 5.41 Å². The average molecular weight is 368 g/mol. The van der Waals surface area contributed by atoms with E-state index in [4.69, 9.17) is 5.41 Å². The molecule has 2 rings (SSSR count). The zero-order chi connectivity index (χ0) is 19.3. The number of halogens is 5. The number of anilines is 1. The molecule has 26 heavy (non-hydrogen) atoms.